The highest BCUT2D eigenvalue weighted by atomic mass is 35.5. The van der Waals surface area contributed by atoms with Crippen LogP contribution in [-0.4, -0.2) is 166 Å². The molecule has 1 saturated carbocycles. The Balaban J connectivity index is 0.000000125. The zero-order chi connectivity index (χ0) is 65.0. The molecule has 5 N–H and O–H groups in total. The van der Waals surface area contributed by atoms with E-state index < -0.39 is 5.60 Å². The van der Waals surface area contributed by atoms with Gasteiger partial charge in [-0.3, -0.25) is 24.0 Å². The summed E-state index contributed by atoms with van der Waals surface area (Å²) in [4.78, 5) is 118. The maximum absolute atomic E-state index is 13.8. The summed E-state index contributed by atoms with van der Waals surface area (Å²) in [6.45, 7) is 22.4. The number of halogens is 2. The van der Waals surface area contributed by atoms with Gasteiger partial charge in [0, 0.05) is 104 Å². The van der Waals surface area contributed by atoms with Gasteiger partial charge in [0.25, 0.3) is 0 Å². The number of nitrogens with one attached hydrogen (secondary N) is 5. The van der Waals surface area contributed by atoms with Crippen LogP contribution >= 0.6 is 23.2 Å². The maximum Gasteiger partial charge on any atom is 0.410 e. The van der Waals surface area contributed by atoms with Crippen molar-refractivity contribution >= 4 is 99.6 Å². The number of rotatable bonds is 8. The minimum atomic E-state index is -0.488. The Bertz CT molecular complexity index is 3670. The van der Waals surface area contributed by atoms with E-state index in [2.05, 4.69) is 107 Å². The molecule has 9 aliphatic heterocycles. The minimum Gasteiger partial charge on any atom is -0.444 e. The third kappa shape index (κ3) is 13.4. The molecule has 25 nitrogen and oxygen atoms in total. The number of hydrogen-bond donors (Lipinski definition) is 5. The summed E-state index contributed by atoms with van der Waals surface area (Å²) < 4.78 is 5.53. The van der Waals surface area contributed by atoms with Gasteiger partial charge in [-0.15, -0.1) is 0 Å². The van der Waals surface area contributed by atoms with E-state index in [-0.39, 0.29) is 89.4 Å². The van der Waals surface area contributed by atoms with Gasteiger partial charge in [0.1, 0.15) is 76.8 Å². The molecule has 0 radical (unpaired) electrons. The molecule has 27 heteroatoms. The average Bonchev–Trinajstić information content (AvgIpc) is 1.58. The topological polar surface area (TPSA) is 291 Å². The van der Waals surface area contributed by atoms with Gasteiger partial charge in [-0.05, 0) is 100 Å². The van der Waals surface area contributed by atoms with Crippen LogP contribution < -0.4 is 41.3 Å². The SMILES string of the molecule is CC(C)NC[C@@H](C(=O)N1CC2CC1CN2c1ncnc2c1[C@H](C)CC(=O)N2)c1ccc(Cl)cc1.C[C@@H]1CC(=O)Nc2ncnc(Cl)c21.C[C@@H]1CC(=O)Nc2ncnc(N3CC4CC3CN4C(=O)OC(C)(C)C)c21.C[C@@H]1CC(=O)Nc2ncnc(N3CC4CCC3C4)c21. The van der Waals surface area contributed by atoms with Crippen molar-refractivity contribution in [3.05, 3.63) is 87.6 Å². The summed E-state index contributed by atoms with van der Waals surface area (Å²) in [7, 11) is 0. The summed E-state index contributed by atoms with van der Waals surface area (Å²) in [6.07, 6.45) is 13.4. The monoisotopic (exact) mass is 1300 g/mol. The molecule has 92 heavy (non-hydrogen) atoms. The fourth-order valence-electron chi connectivity index (χ4n) is 15.1. The lowest BCUT2D eigenvalue weighted by Crippen LogP contribution is -2.51. The Labute approximate surface area is 545 Å². The van der Waals surface area contributed by atoms with E-state index in [1.54, 1.807) is 6.33 Å². The van der Waals surface area contributed by atoms with Crippen LogP contribution in [0.15, 0.2) is 49.6 Å². The largest absolute Gasteiger partial charge is 0.444 e. The number of likely N-dealkylation sites (tertiary alicyclic amines) is 2. The Morgan fingerprint density at radius 1 is 0.543 bits per heavy atom. The number of anilines is 7. The van der Waals surface area contributed by atoms with E-state index in [1.807, 2.05) is 70.7 Å². The lowest BCUT2D eigenvalue weighted by atomic mass is 9.94. The van der Waals surface area contributed by atoms with Crippen LogP contribution in [0.1, 0.15) is 178 Å². The van der Waals surface area contributed by atoms with E-state index >= 15 is 0 Å². The van der Waals surface area contributed by atoms with Gasteiger partial charge in [-0.1, -0.05) is 76.9 Å². The lowest BCUT2D eigenvalue weighted by molar-refractivity contribution is -0.134. The number of piperazine rings is 2. The maximum atomic E-state index is 13.8. The first-order chi connectivity index (χ1) is 43.9. The molecular weight excluding hydrogens is 1220 g/mol. The van der Waals surface area contributed by atoms with Gasteiger partial charge >= 0.3 is 6.09 Å². The van der Waals surface area contributed by atoms with Crippen molar-refractivity contribution in [3.8, 4) is 0 Å². The number of carbonyl (C=O) groups excluding carboxylic acids is 6. The molecule has 4 aromatic heterocycles. The van der Waals surface area contributed by atoms with Gasteiger partial charge in [-0.25, -0.2) is 44.7 Å². The number of nitrogens with zero attached hydrogens (tertiary/aromatic N) is 13. The van der Waals surface area contributed by atoms with Gasteiger partial charge in [0.2, 0.25) is 29.5 Å². The molecule has 1 aromatic carbocycles. The smallest absolute Gasteiger partial charge is 0.410 e. The highest BCUT2D eigenvalue weighted by molar-refractivity contribution is 6.31. The molecule has 11 atom stereocenters. The molecule has 6 bridgehead atoms. The first-order valence-corrected chi connectivity index (χ1v) is 33.0. The number of amides is 6. The van der Waals surface area contributed by atoms with Crippen molar-refractivity contribution in [3.63, 3.8) is 0 Å². The van der Waals surface area contributed by atoms with E-state index in [9.17, 15) is 28.8 Å². The number of benzene rings is 1. The molecule has 5 saturated heterocycles. The van der Waals surface area contributed by atoms with Gasteiger partial charge in [-0.2, -0.15) is 0 Å². The molecule has 488 valence electrons. The third-order valence-corrected chi connectivity index (χ3v) is 19.9. The molecular formula is C65H82Cl2N18O7. The first-order valence-electron chi connectivity index (χ1n) is 32.3. The predicted octanol–water partition coefficient (Wildman–Crippen LogP) is 8.75. The lowest BCUT2D eigenvalue weighted by Gasteiger charge is -2.38. The second kappa shape index (κ2) is 26.2. The highest BCUT2D eigenvalue weighted by Gasteiger charge is 2.50. The zero-order valence-corrected chi connectivity index (χ0v) is 55.1. The summed E-state index contributed by atoms with van der Waals surface area (Å²) in [5.74, 6) is 6.56. The molecule has 10 aliphatic rings. The van der Waals surface area contributed by atoms with Crippen LogP contribution in [0.2, 0.25) is 10.2 Å². The van der Waals surface area contributed by atoms with Crippen LogP contribution in [0.3, 0.4) is 0 Å². The number of fused-ring (bicyclic) bond motifs is 10. The number of hydrogen-bond acceptors (Lipinski definition) is 19. The van der Waals surface area contributed by atoms with Crippen molar-refractivity contribution in [1.29, 1.82) is 0 Å². The normalized spacial score (nSPS) is 26.4. The van der Waals surface area contributed by atoms with Gasteiger partial charge in [0.15, 0.2) is 0 Å². The number of carbonyl (C=O) groups is 6. The molecule has 5 aromatic rings. The average molecular weight is 1300 g/mol. The fraction of sp³-hybridized carbons (Fsp3) is 0.569. The Morgan fingerprint density at radius 3 is 1.37 bits per heavy atom. The Morgan fingerprint density at radius 2 is 0.967 bits per heavy atom. The molecule has 13 heterocycles. The van der Waals surface area contributed by atoms with Gasteiger partial charge < -0.3 is 55.8 Å². The summed E-state index contributed by atoms with van der Waals surface area (Å²) >= 11 is 12.0. The summed E-state index contributed by atoms with van der Waals surface area (Å²) in [6, 6.07) is 9.25. The molecule has 6 fully saturated rings. The second-order valence-electron chi connectivity index (χ2n) is 27.6. The fourth-order valence-corrected chi connectivity index (χ4v) is 15.6. The number of aromatic nitrogens is 8. The van der Waals surface area contributed by atoms with Crippen LogP contribution in [0.5, 0.6) is 0 Å². The Kier molecular flexibility index (Phi) is 18.3. The molecule has 15 rings (SSSR count). The van der Waals surface area contributed by atoms with Crippen molar-refractivity contribution in [2.24, 2.45) is 5.92 Å². The van der Waals surface area contributed by atoms with E-state index in [0.29, 0.717) is 85.0 Å². The van der Waals surface area contributed by atoms with Gasteiger partial charge in [0.05, 0.1) is 30.1 Å². The zero-order valence-electron chi connectivity index (χ0n) is 53.6. The highest BCUT2D eigenvalue weighted by Crippen LogP contribution is 2.47. The summed E-state index contributed by atoms with van der Waals surface area (Å²) in [5, 5.41) is 15.8. The molecule has 6 unspecified atom stereocenters. The van der Waals surface area contributed by atoms with Crippen molar-refractivity contribution in [1.82, 2.24) is 55.0 Å². The van der Waals surface area contributed by atoms with Crippen molar-refractivity contribution in [2.45, 2.75) is 192 Å². The number of ether oxygens (including phenoxy) is 1. The van der Waals surface area contributed by atoms with Crippen LogP contribution in [0.25, 0.3) is 0 Å². The second-order valence-corrected chi connectivity index (χ2v) is 28.4. The van der Waals surface area contributed by atoms with Crippen LogP contribution in [0, 0.1) is 5.92 Å². The summed E-state index contributed by atoms with van der Waals surface area (Å²) in [5.41, 5.74) is 4.48. The quantitative estimate of drug-likeness (QED) is 0.0907. The minimum absolute atomic E-state index is 0.00584. The molecule has 0 spiro atoms. The van der Waals surface area contributed by atoms with E-state index in [0.717, 1.165) is 89.5 Å². The van der Waals surface area contributed by atoms with Crippen molar-refractivity contribution < 1.29 is 33.5 Å². The predicted molar refractivity (Wildman–Crippen MR) is 349 cm³/mol. The molecule has 1 aliphatic carbocycles. The first kappa shape index (κ1) is 64.2. The molecule has 6 amide bonds. The van der Waals surface area contributed by atoms with Crippen molar-refractivity contribution in [2.75, 3.05) is 75.2 Å². The van der Waals surface area contributed by atoms with E-state index in [4.69, 9.17) is 27.9 Å². The standard InChI is InChI=1S/C25H31ClN6O2.C18H25N5O3.C14H18N4O.C8H8ClN3O/c1-14(2)27-10-20(16-4-6-17(26)7-5-16)25(34)32-12-18-9-19(32)11-31(18)24-22-15(3)8-21(33)30-23(22)28-13-29-24;1-10-5-13(24)21-15-14(10)16(20-9-19-15)22-7-12-6-11(22)8-23(12)17(25)26-18(2,3)4;1-8-4-11(19)17-13-12(8)14(16-7-15-13)18-6-9-2-3-10(18)5-9;1-4-2-5(13)12-8-6(4)7(9)10-3-11-8/h4-7,13-15,18-20,27H,8-12H2,1-3H3,(H,28,29,30,33);9-12H,5-8H2,1-4H3,(H,19,20,21,24);7-10H,2-6H2,1H3,(H,15,16,17,19);3-4H,2H2,1H3,(H,10,11,12,13)/t15-,18?,19?,20-;10-,11?,12?;8-,9?,10?;4-/m1111/s1. The number of piperidine rings is 1. The van der Waals surface area contributed by atoms with Crippen LogP contribution in [-0.2, 0) is 28.7 Å². The Hall–Kier alpha value is -7.90. The third-order valence-electron chi connectivity index (χ3n) is 19.3. The van der Waals surface area contributed by atoms with E-state index in [1.165, 1.54) is 38.2 Å². The van der Waals surface area contributed by atoms with Crippen LogP contribution in [0.4, 0.5) is 45.5 Å².